The number of hydrogen-bond acceptors (Lipinski definition) is 1. The molecule has 0 fully saturated rings. The monoisotopic (exact) mass is 185 g/mol. The van der Waals surface area contributed by atoms with Crippen LogP contribution >= 0.6 is 0 Å². The van der Waals surface area contributed by atoms with Crippen LogP contribution in [0.3, 0.4) is 0 Å². The number of allylic oxidation sites excluding steroid dienone is 4. The SMILES string of the molecule is CC1=CC(c2ccnc(C)c2)=CCC1. The Labute approximate surface area is 85.2 Å². The molecule has 0 saturated carbocycles. The molecule has 0 radical (unpaired) electrons. The van der Waals surface area contributed by atoms with E-state index < -0.39 is 0 Å². The predicted molar refractivity (Wildman–Crippen MR) is 59.9 cm³/mol. The normalized spacial score (nSPS) is 16.1. The molecule has 0 saturated heterocycles. The van der Waals surface area contributed by atoms with Gasteiger partial charge in [-0.15, -0.1) is 0 Å². The standard InChI is InChI=1S/C13H15N/c1-10-4-3-5-12(8-10)13-6-7-14-11(2)9-13/h5-9H,3-4H2,1-2H3. The van der Waals surface area contributed by atoms with Crippen LogP contribution in [-0.4, -0.2) is 4.98 Å². The van der Waals surface area contributed by atoms with Crippen LogP contribution in [0.25, 0.3) is 5.57 Å². The van der Waals surface area contributed by atoms with Crippen molar-refractivity contribution in [3.05, 3.63) is 47.3 Å². The van der Waals surface area contributed by atoms with E-state index in [1.54, 1.807) is 0 Å². The molecular formula is C13H15N. The Kier molecular flexibility index (Phi) is 2.49. The molecule has 0 unspecified atom stereocenters. The van der Waals surface area contributed by atoms with Gasteiger partial charge in [0.15, 0.2) is 0 Å². The van der Waals surface area contributed by atoms with Gasteiger partial charge in [-0.2, -0.15) is 0 Å². The lowest BCUT2D eigenvalue weighted by Gasteiger charge is -2.10. The van der Waals surface area contributed by atoms with E-state index in [4.69, 9.17) is 0 Å². The number of pyridine rings is 1. The van der Waals surface area contributed by atoms with E-state index in [2.05, 4.69) is 36.2 Å². The van der Waals surface area contributed by atoms with Crippen LogP contribution in [0.15, 0.2) is 36.1 Å². The summed E-state index contributed by atoms with van der Waals surface area (Å²) in [5.41, 5.74) is 5.19. The topological polar surface area (TPSA) is 12.9 Å². The second kappa shape index (κ2) is 3.79. The first-order chi connectivity index (χ1) is 6.75. The van der Waals surface area contributed by atoms with Crippen LogP contribution < -0.4 is 0 Å². The molecule has 0 aromatic carbocycles. The van der Waals surface area contributed by atoms with Crippen LogP contribution in [0.5, 0.6) is 0 Å². The molecular weight excluding hydrogens is 170 g/mol. The van der Waals surface area contributed by atoms with E-state index in [1.165, 1.54) is 29.6 Å². The summed E-state index contributed by atoms with van der Waals surface area (Å²) in [4.78, 5) is 4.21. The minimum atomic E-state index is 1.08. The molecule has 2 rings (SSSR count). The van der Waals surface area contributed by atoms with Gasteiger partial charge >= 0.3 is 0 Å². The van der Waals surface area contributed by atoms with E-state index in [1.807, 2.05) is 13.1 Å². The zero-order chi connectivity index (χ0) is 9.97. The van der Waals surface area contributed by atoms with Crippen LogP contribution in [-0.2, 0) is 0 Å². The molecule has 1 heteroatoms. The Morgan fingerprint density at radius 3 is 2.86 bits per heavy atom. The number of nitrogens with zero attached hydrogens (tertiary/aromatic N) is 1. The van der Waals surface area contributed by atoms with Crippen LogP contribution in [0.1, 0.15) is 31.0 Å². The molecule has 1 heterocycles. The highest BCUT2D eigenvalue weighted by Crippen LogP contribution is 2.24. The summed E-state index contributed by atoms with van der Waals surface area (Å²) in [5, 5.41) is 0. The van der Waals surface area contributed by atoms with Crippen LogP contribution in [0.2, 0.25) is 0 Å². The number of rotatable bonds is 1. The van der Waals surface area contributed by atoms with Gasteiger partial charge in [-0.25, -0.2) is 0 Å². The summed E-state index contributed by atoms with van der Waals surface area (Å²) in [6.45, 7) is 4.23. The number of aromatic nitrogens is 1. The lowest BCUT2D eigenvalue weighted by Crippen LogP contribution is -1.91. The molecule has 0 amide bonds. The summed E-state index contributed by atoms with van der Waals surface area (Å²) >= 11 is 0. The Morgan fingerprint density at radius 2 is 2.14 bits per heavy atom. The van der Waals surface area contributed by atoms with E-state index in [-0.39, 0.29) is 0 Å². The Bertz CT molecular complexity index is 399. The van der Waals surface area contributed by atoms with Crippen molar-refractivity contribution in [3.63, 3.8) is 0 Å². The van der Waals surface area contributed by atoms with Gasteiger partial charge in [0, 0.05) is 11.9 Å². The zero-order valence-corrected chi connectivity index (χ0v) is 8.75. The molecule has 1 aromatic rings. The molecule has 72 valence electrons. The third-order valence-corrected chi connectivity index (χ3v) is 2.53. The van der Waals surface area contributed by atoms with Gasteiger partial charge in [0.1, 0.15) is 0 Å². The molecule has 0 bridgehead atoms. The third-order valence-electron chi connectivity index (χ3n) is 2.53. The quantitative estimate of drug-likeness (QED) is 0.652. The highest BCUT2D eigenvalue weighted by Gasteiger charge is 2.04. The van der Waals surface area contributed by atoms with E-state index >= 15 is 0 Å². The van der Waals surface area contributed by atoms with E-state index in [9.17, 15) is 0 Å². The minimum absolute atomic E-state index is 1.08. The fourth-order valence-electron chi connectivity index (χ4n) is 1.78. The zero-order valence-electron chi connectivity index (χ0n) is 8.75. The number of hydrogen-bond donors (Lipinski definition) is 0. The maximum Gasteiger partial charge on any atom is 0.0378 e. The molecule has 1 aliphatic rings. The molecule has 1 aromatic heterocycles. The smallest absolute Gasteiger partial charge is 0.0378 e. The molecule has 0 aliphatic heterocycles. The maximum absolute atomic E-state index is 4.21. The van der Waals surface area contributed by atoms with Crippen molar-refractivity contribution in [2.45, 2.75) is 26.7 Å². The van der Waals surface area contributed by atoms with Crippen LogP contribution in [0, 0.1) is 6.92 Å². The molecule has 14 heavy (non-hydrogen) atoms. The molecule has 1 aliphatic carbocycles. The summed E-state index contributed by atoms with van der Waals surface area (Å²) in [6, 6.07) is 4.22. The third kappa shape index (κ3) is 1.92. The fraction of sp³-hybridized carbons (Fsp3) is 0.308. The first-order valence-corrected chi connectivity index (χ1v) is 5.06. The lowest BCUT2D eigenvalue weighted by atomic mass is 9.96. The summed E-state index contributed by atoms with van der Waals surface area (Å²) in [5.74, 6) is 0. The first kappa shape index (κ1) is 9.20. The minimum Gasteiger partial charge on any atom is -0.262 e. The van der Waals surface area contributed by atoms with Gasteiger partial charge < -0.3 is 0 Å². The van der Waals surface area contributed by atoms with Gasteiger partial charge in [-0.05, 0) is 50.0 Å². The second-order valence-corrected chi connectivity index (χ2v) is 3.87. The van der Waals surface area contributed by atoms with Crippen molar-refractivity contribution >= 4 is 5.57 Å². The molecule has 0 N–H and O–H groups in total. The average Bonchev–Trinajstić information content (AvgIpc) is 2.18. The highest BCUT2D eigenvalue weighted by molar-refractivity contribution is 5.75. The second-order valence-electron chi connectivity index (χ2n) is 3.87. The maximum atomic E-state index is 4.21. The Morgan fingerprint density at radius 1 is 1.29 bits per heavy atom. The molecule has 0 atom stereocenters. The van der Waals surface area contributed by atoms with Crippen molar-refractivity contribution in [2.75, 3.05) is 0 Å². The summed E-state index contributed by atoms with van der Waals surface area (Å²) in [6.07, 6.45) is 8.83. The first-order valence-electron chi connectivity index (χ1n) is 5.06. The van der Waals surface area contributed by atoms with Gasteiger partial charge in [-0.3, -0.25) is 4.98 Å². The number of aryl methyl sites for hydroxylation is 1. The lowest BCUT2D eigenvalue weighted by molar-refractivity contribution is 0.965. The van der Waals surface area contributed by atoms with Gasteiger partial charge in [0.05, 0.1) is 0 Å². The Balaban J connectivity index is 2.36. The Hall–Kier alpha value is -1.37. The van der Waals surface area contributed by atoms with Gasteiger partial charge in [-0.1, -0.05) is 17.7 Å². The molecule has 0 spiro atoms. The fourth-order valence-corrected chi connectivity index (χ4v) is 1.78. The van der Waals surface area contributed by atoms with Gasteiger partial charge in [0.25, 0.3) is 0 Å². The average molecular weight is 185 g/mol. The molecule has 1 nitrogen and oxygen atoms in total. The van der Waals surface area contributed by atoms with Crippen molar-refractivity contribution < 1.29 is 0 Å². The van der Waals surface area contributed by atoms with Crippen molar-refractivity contribution in [1.29, 1.82) is 0 Å². The van der Waals surface area contributed by atoms with Crippen LogP contribution in [0.4, 0.5) is 0 Å². The highest BCUT2D eigenvalue weighted by atomic mass is 14.6. The largest absolute Gasteiger partial charge is 0.262 e. The van der Waals surface area contributed by atoms with Crippen molar-refractivity contribution in [3.8, 4) is 0 Å². The summed E-state index contributed by atoms with van der Waals surface area (Å²) in [7, 11) is 0. The summed E-state index contributed by atoms with van der Waals surface area (Å²) < 4.78 is 0. The predicted octanol–water partition coefficient (Wildman–Crippen LogP) is 3.51. The van der Waals surface area contributed by atoms with E-state index in [0.717, 1.165) is 5.69 Å². The van der Waals surface area contributed by atoms with Gasteiger partial charge in [0.2, 0.25) is 0 Å². The van der Waals surface area contributed by atoms with Crippen molar-refractivity contribution in [1.82, 2.24) is 4.98 Å². The van der Waals surface area contributed by atoms with E-state index in [0.29, 0.717) is 0 Å². The van der Waals surface area contributed by atoms with Crippen molar-refractivity contribution in [2.24, 2.45) is 0 Å².